The Bertz CT molecular complexity index is 532. The lowest BCUT2D eigenvalue weighted by Gasteiger charge is -2.08. The van der Waals surface area contributed by atoms with Crippen molar-refractivity contribution in [2.24, 2.45) is 0 Å². The van der Waals surface area contributed by atoms with E-state index in [4.69, 9.17) is 4.74 Å². The zero-order chi connectivity index (χ0) is 13.8. The number of carbonyl (C=O) groups is 1. The molecule has 0 saturated carbocycles. The van der Waals surface area contributed by atoms with Crippen molar-refractivity contribution in [1.29, 1.82) is 0 Å². The van der Waals surface area contributed by atoms with Crippen molar-refractivity contribution in [3.8, 4) is 0 Å². The van der Waals surface area contributed by atoms with Crippen LogP contribution in [-0.2, 0) is 4.74 Å². The Morgan fingerprint density at radius 1 is 1.37 bits per heavy atom. The fourth-order valence-electron chi connectivity index (χ4n) is 1.68. The number of carbonyl (C=O) groups excluding carboxylic acids is 1. The Morgan fingerprint density at radius 3 is 2.84 bits per heavy atom. The summed E-state index contributed by atoms with van der Waals surface area (Å²) in [6, 6.07) is 3.92. The highest BCUT2D eigenvalue weighted by Crippen LogP contribution is 2.23. The minimum atomic E-state index is -0.243. The summed E-state index contributed by atoms with van der Waals surface area (Å²) >= 11 is 6.64. The molecule has 102 valence electrons. The first-order chi connectivity index (χ1) is 9.08. The molecule has 4 nitrogen and oxygen atoms in total. The van der Waals surface area contributed by atoms with E-state index in [1.54, 1.807) is 0 Å². The standard InChI is InChI=1S/C12H11I3N2O2/c13-8-5-9(11(15)10(14)6-8)12(18)19-4-3-17-2-1-16-7-17/h5-7H,1-4H2/p+1. The Kier molecular flexibility index (Phi) is 6.11. The van der Waals surface area contributed by atoms with Crippen molar-refractivity contribution in [3.05, 3.63) is 28.4 Å². The fourth-order valence-corrected chi connectivity index (χ4v) is 4.06. The van der Waals surface area contributed by atoms with Gasteiger partial charge in [0, 0.05) is 10.7 Å². The van der Waals surface area contributed by atoms with Crippen LogP contribution in [0.15, 0.2) is 12.1 Å². The van der Waals surface area contributed by atoms with E-state index in [-0.39, 0.29) is 5.97 Å². The molecule has 0 unspecified atom stereocenters. The van der Waals surface area contributed by atoms with Crippen molar-refractivity contribution in [2.45, 2.75) is 0 Å². The lowest BCUT2D eigenvalue weighted by molar-refractivity contribution is -0.515. The summed E-state index contributed by atoms with van der Waals surface area (Å²) in [7, 11) is 0. The Morgan fingerprint density at radius 2 is 2.16 bits per heavy atom. The molecule has 0 aliphatic carbocycles. The van der Waals surface area contributed by atoms with Gasteiger partial charge in [-0.3, -0.25) is 9.89 Å². The van der Waals surface area contributed by atoms with Gasteiger partial charge in [-0.05, 0) is 79.9 Å². The molecule has 0 bridgehead atoms. The van der Waals surface area contributed by atoms with Crippen molar-refractivity contribution in [2.75, 3.05) is 26.2 Å². The lowest BCUT2D eigenvalue weighted by Crippen LogP contribution is -2.19. The van der Waals surface area contributed by atoms with E-state index in [1.807, 2.05) is 18.5 Å². The predicted molar refractivity (Wildman–Crippen MR) is 98.9 cm³/mol. The minimum Gasteiger partial charge on any atom is -0.458 e. The largest absolute Gasteiger partial charge is 0.458 e. The van der Waals surface area contributed by atoms with Gasteiger partial charge in [-0.2, -0.15) is 0 Å². The van der Waals surface area contributed by atoms with Crippen LogP contribution >= 0.6 is 67.8 Å². The van der Waals surface area contributed by atoms with E-state index in [1.165, 1.54) is 0 Å². The summed E-state index contributed by atoms with van der Waals surface area (Å²) < 4.78 is 10.5. The normalized spacial score (nSPS) is 13.9. The van der Waals surface area contributed by atoms with Crippen LogP contribution in [0.5, 0.6) is 0 Å². The van der Waals surface area contributed by atoms with Gasteiger partial charge in [-0.25, -0.2) is 4.79 Å². The van der Waals surface area contributed by atoms with Crippen molar-refractivity contribution >= 4 is 80.1 Å². The molecular formula is C12H12I3N2O2+. The Labute approximate surface area is 152 Å². The summed E-state index contributed by atoms with van der Waals surface area (Å²) in [5, 5.41) is 3.12. The molecule has 7 heteroatoms. The third kappa shape index (κ3) is 4.41. The molecule has 0 fully saturated rings. The molecule has 1 aliphatic heterocycles. The molecule has 0 radical (unpaired) electrons. The molecule has 0 atom stereocenters. The molecule has 19 heavy (non-hydrogen) atoms. The summed E-state index contributed by atoms with van der Waals surface area (Å²) in [6.07, 6.45) is 1.94. The third-order valence-corrected chi connectivity index (χ3v) is 6.31. The SMILES string of the molecule is O=C(OCC[N+]1=CNCC1)c1cc(I)cc(I)c1I. The number of benzene rings is 1. The van der Waals surface area contributed by atoms with Crippen LogP contribution in [0.4, 0.5) is 0 Å². The highest BCUT2D eigenvalue weighted by atomic mass is 127. The number of nitrogens with zero attached hydrogens (tertiary/aromatic N) is 1. The number of rotatable bonds is 4. The first kappa shape index (κ1) is 15.7. The van der Waals surface area contributed by atoms with E-state index in [2.05, 4.69) is 77.7 Å². The second-order valence-electron chi connectivity index (χ2n) is 4.00. The highest BCUT2D eigenvalue weighted by molar-refractivity contribution is 14.1. The number of halogens is 3. The molecule has 2 rings (SSSR count). The zero-order valence-electron chi connectivity index (χ0n) is 9.96. The van der Waals surface area contributed by atoms with E-state index >= 15 is 0 Å². The number of esters is 1. The van der Waals surface area contributed by atoms with E-state index in [0.717, 1.165) is 30.3 Å². The summed E-state index contributed by atoms with van der Waals surface area (Å²) in [5.41, 5.74) is 0.653. The average Bonchev–Trinajstić information content (AvgIpc) is 2.86. The topological polar surface area (TPSA) is 41.3 Å². The smallest absolute Gasteiger partial charge is 0.339 e. The fraction of sp³-hybridized carbons (Fsp3) is 0.333. The van der Waals surface area contributed by atoms with Gasteiger partial charge in [0.1, 0.15) is 26.2 Å². The number of ether oxygens (including phenoxy) is 1. The van der Waals surface area contributed by atoms with Crippen LogP contribution in [0.3, 0.4) is 0 Å². The average molecular weight is 597 g/mol. The van der Waals surface area contributed by atoms with Gasteiger partial charge >= 0.3 is 5.97 Å². The zero-order valence-corrected chi connectivity index (χ0v) is 16.4. The molecule has 0 spiro atoms. The van der Waals surface area contributed by atoms with Crippen molar-refractivity contribution in [3.63, 3.8) is 0 Å². The molecule has 0 amide bonds. The Hall–Kier alpha value is 0.350. The molecule has 1 aromatic rings. The van der Waals surface area contributed by atoms with Crippen LogP contribution in [-0.4, -0.2) is 43.1 Å². The molecule has 0 aromatic heterocycles. The Balaban J connectivity index is 1.96. The van der Waals surface area contributed by atoms with Crippen LogP contribution in [0.2, 0.25) is 0 Å². The summed E-state index contributed by atoms with van der Waals surface area (Å²) in [5.74, 6) is -0.243. The summed E-state index contributed by atoms with van der Waals surface area (Å²) in [4.78, 5) is 12.1. The van der Waals surface area contributed by atoms with Crippen molar-refractivity contribution in [1.82, 2.24) is 5.32 Å². The third-order valence-electron chi connectivity index (χ3n) is 2.64. The molecule has 1 heterocycles. The van der Waals surface area contributed by atoms with Crippen LogP contribution in [0.1, 0.15) is 10.4 Å². The second kappa shape index (κ2) is 7.38. The molecule has 1 N–H and O–H groups in total. The van der Waals surface area contributed by atoms with E-state index < -0.39 is 0 Å². The number of hydrogen-bond donors (Lipinski definition) is 1. The van der Waals surface area contributed by atoms with Gasteiger partial charge in [0.15, 0.2) is 0 Å². The summed E-state index contributed by atoms with van der Waals surface area (Å²) in [6.45, 7) is 3.07. The quantitative estimate of drug-likeness (QED) is 0.251. The molecule has 0 saturated heterocycles. The van der Waals surface area contributed by atoms with Gasteiger partial charge in [0.05, 0.1) is 5.56 Å². The molecular weight excluding hydrogens is 585 g/mol. The maximum Gasteiger partial charge on any atom is 0.339 e. The predicted octanol–water partition coefficient (Wildman–Crippen LogP) is 2.30. The van der Waals surface area contributed by atoms with Gasteiger partial charge in [-0.1, -0.05) is 0 Å². The number of nitrogens with one attached hydrogen (secondary N) is 1. The minimum absolute atomic E-state index is 0.243. The second-order valence-corrected chi connectivity index (χ2v) is 7.49. The first-order valence-electron chi connectivity index (χ1n) is 5.70. The van der Waals surface area contributed by atoms with Crippen LogP contribution < -0.4 is 5.32 Å². The van der Waals surface area contributed by atoms with Crippen molar-refractivity contribution < 1.29 is 14.1 Å². The lowest BCUT2D eigenvalue weighted by atomic mass is 10.2. The monoisotopic (exact) mass is 597 g/mol. The van der Waals surface area contributed by atoms with Gasteiger partial charge in [0.25, 0.3) is 0 Å². The van der Waals surface area contributed by atoms with E-state index in [9.17, 15) is 4.79 Å². The maximum atomic E-state index is 12.1. The first-order valence-corrected chi connectivity index (χ1v) is 8.94. The maximum absolute atomic E-state index is 12.1. The molecule has 1 aliphatic rings. The van der Waals surface area contributed by atoms with Gasteiger partial charge in [0.2, 0.25) is 6.34 Å². The van der Waals surface area contributed by atoms with Gasteiger partial charge < -0.3 is 4.74 Å². The number of hydrogen-bond acceptors (Lipinski definition) is 3. The van der Waals surface area contributed by atoms with Crippen LogP contribution in [0, 0.1) is 10.7 Å². The van der Waals surface area contributed by atoms with Gasteiger partial charge in [-0.15, -0.1) is 0 Å². The van der Waals surface area contributed by atoms with E-state index in [0.29, 0.717) is 12.2 Å². The van der Waals surface area contributed by atoms with Crippen LogP contribution in [0.25, 0.3) is 0 Å². The highest BCUT2D eigenvalue weighted by Gasteiger charge is 2.16. The molecule has 1 aromatic carbocycles.